The van der Waals surface area contributed by atoms with Gasteiger partial charge in [-0.3, -0.25) is 0 Å². The zero-order valence-electron chi connectivity index (χ0n) is 9.42. The van der Waals surface area contributed by atoms with Gasteiger partial charge in [0.15, 0.2) is 0 Å². The van der Waals surface area contributed by atoms with Crippen LogP contribution in [-0.2, 0) is 6.54 Å². The molecule has 0 spiro atoms. The van der Waals surface area contributed by atoms with Crippen molar-refractivity contribution in [1.29, 1.82) is 0 Å². The lowest BCUT2D eigenvalue weighted by Gasteiger charge is -2.14. The zero-order chi connectivity index (χ0) is 10.7. The highest BCUT2D eigenvalue weighted by Gasteiger charge is 2.22. The van der Waals surface area contributed by atoms with E-state index in [0.717, 1.165) is 36.5 Å². The van der Waals surface area contributed by atoms with Crippen LogP contribution in [0.4, 0.5) is 0 Å². The second kappa shape index (κ2) is 5.05. The van der Waals surface area contributed by atoms with Crippen LogP contribution in [0.15, 0.2) is 6.20 Å². The summed E-state index contributed by atoms with van der Waals surface area (Å²) in [7, 11) is 0. The molecule has 1 saturated heterocycles. The highest BCUT2D eigenvalue weighted by Crippen LogP contribution is 2.15. The van der Waals surface area contributed by atoms with Gasteiger partial charge in [0, 0.05) is 17.6 Å². The maximum atomic E-state index is 4.25. The highest BCUT2D eigenvalue weighted by molar-refractivity contribution is 7.11. The van der Waals surface area contributed by atoms with E-state index in [1.807, 2.05) is 6.20 Å². The number of aromatic nitrogens is 1. The van der Waals surface area contributed by atoms with Crippen LogP contribution in [0.2, 0.25) is 0 Å². The zero-order valence-corrected chi connectivity index (χ0v) is 10.2. The van der Waals surface area contributed by atoms with Gasteiger partial charge in [-0.1, -0.05) is 6.92 Å². The second-order valence-electron chi connectivity index (χ2n) is 4.37. The summed E-state index contributed by atoms with van der Waals surface area (Å²) in [6.45, 7) is 8.79. The molecule has 2 rings (SSSR count). The summed E-state index contributed by atoms with van der Waals surface area (Å²) < 4.78 is 0. The van der Waals surface area contributed by atoms with Gasteiger partial charge in [-0.25, -0.2) is 4.98 Å². The Labute approximate surface area is 95.3 Å². The van der Waals surface area contributed by atoms with Crippen molar-refractivity contribution < 1.29 is 0 Å². The molecule has 15 heavy (non-hydrogen) atoms. The molecule has 0 radical (unpaired) electrons. The molecule has 2 heterocycles. The van der Waals surface area contributed by atoms with Crippen LogP contribution < -0.4 is 10.6 Å². The Hall–Kier alpha value is -0.450. The van der Waals surface area contributed by atoms with E-state index in [4.69, 9.17) is 0 Å². The van der Waals surface area contributed by atoms with Crippen molar-refractivity contribution in [3.05, 3.63) is 16.1 Å². The molecule has 2 unspecified atom stereocenters. The maximum Gasteiger partial charge on any atom is 0.0897 e. The Morgan fingerprint density at radius 2 is 2.47 bits per heavy atom. The molecule has 1 aromatic heterocycles. The fraction of sp³-hybridized carbons (Fsp3) is 0.727. The number of rotatable bonds is 4. The van der Waals surface area contributed by atoms with Gasteiger partial charge in [-0.2, -0.15) is 0 Å². The molecule has 84 valence electrons. The van der Waals surface area contributed by atoms with Crippen LogP contribution in [0.25, 0.3) is 0 Å². The Bertz CT molecular complexity index is 311. The summed E-state index contributed by atoms with van der Waals surface area (Å²) in [5, 5.41) is 8.10. The van der Waals surface area contributed by atoms with Crippen LogP contribution >= 0.6 is 11.3 Å². The van der Waals surface area contributed by atoms with Crippen molar-refractivity contribution >= 4 is 11.3 Å². The fourth-order valence-corrected chi connectivity index (χ4v) is 2.77. The quantitative estimate of drug-likeness (QED) is 0.813. The van der Waals surface area contributed by atoms with E-state index < -0.39 is 0 Å². The molecule has 1 aliphatic rings. The standard InChI is InChI=1S/C11H19N3S/c1-8-3-12-4-10(8)5-13-6-11-7-14-9(2)15-11/h7-8,10,12-13H,3-6H2,1-2H3. The molecule has 0 saturated carbocycles. The van der Waals surface area contributed by atoms with Gasteiger partial charge in [0.25, 0.3) is 0 Å². The molecule has 2 atom stereocenters. The first kappa shape index (κ1) is 11.0. The van der Waals surface area contributed by atoms with Crippen LogP contribution in [0.5, 0.6) is 0 Å². The number of hydrogen-bond donors (Lipinski definition) is 2. The Balaban J connectivity index is 1.70. The summed E-state index contributed by atoms with van der Waals surface area (Å²) in [6, 6.07) is 0. The van der Waals surface area contributed by atoms with Crippen molar-refractivity contribution in [3.63, 3.8) is 0 Å². The molecule has 0 amide bonds. The van der Waals surface area contributed by atoms with Crippen molar-refractivity contribution in [3.8, 4) is 0 Å². The molecular formula is C11H19N3S. The van der Waals surface area contributed by atoms with Crippen LogP contribution in [-0.4, -0.2) is 24.6 Å². The Morgan fingerprint density at radius 3 is 3.07 bits per heavy atom. The molecule has 2 N–H and O–H groups in total. The predicted octanol–water partition coefficient (Wildman–Crippen LogP) is 1.40. The monoisotopic (exact) mass is 225 g/mol. The number of thiazole rings is 1. The van der Waals surface area contributed by atoms with Gasteiger partial charge in [0.1, 0.15) is 0 Å². The third-order valence-electron chi connectivity index (χ3n) is 3.05. The SMILES string of the molecule is Cc1ncc(CNCC2CNCC2C)s1. The minimum absolute atomic E-state index is 0.791. The van der Waals surface area contributed by atoms with E-state index in [1.54, 1.807) is 11.3 Å². The van der Waals surface area contributed by atoms with E-state index in [0.29, 0.717) is 0 Å². The third-order valence-corrected chi connectivity index (χ3v) is 3.97. The van der Waals surface area contributed by atoms with E-state index in [-0.39, 0.29) is 0 Å². The molecule has 0 aliphatic carbocycles. The van der Waals surface area contributed by atoms with Gasteiger partial charge in [-0.15, -0.1) is 11.3 Å². The number of nitrogens with zero attached hydrogens (tertiary/aromatic N) is 1. The first-order valence-electron chi connectivity index (χ1n) is 5.58. The van der Waals surface area contributed by atoms with Crippen LogP contribution in [0, 0.1) is 18.8 Å². The summed E-state index contributed by atoms with van der Waals surface area (Å²) in [4.78, 5) is 5.59. The summed E-state index contributed by atoms with van der Waals surface area (Å²) in [5.74, 6) is 1.60. The molecule has 0 aromatic carbocycles. The van der Waals surface area contributed by atoms with E-state index >= 15 is 0 Å². The van der Waals surface area contributed by atoms with E-state index in [2.05, 4.69) is 29.5 Å². The van der Waals surface area contributed by atoms with Crippen LogP contribution in [0.1, 0.15) is 16.8 Å². The summed E-state index contributed by atoms with van der Waals surface area (Å²) >= 11 is 1.78. The lowest BCUT2D eigenvalue weighted by atomic mass is 9.98. The van der Waals surface area contributed by atoms with Crippen molar-refractivity contribution in [2.75, 3.05) is 19.6 Å². The van der Waals surface area contributed by atoms with E-state index in [1.165, 1.54) is 11.4 Å². The summed E-state index contributed by atoms with van der Waals surface area (Å²) in [5.41, 5.74) is 0. The molecule has 1 aliphatic heterocycles. The third kappa shape index (κ3) is 3.00. The average Bonchev–Trinajstić information content (AvgIpc) is 2.77. The van der Waals surface area contributed by atoms with Gasteiger partial charge in [0.05, 0.1) is 5.01 Å². The van der Waals surface area contributed by atoms with Gasteiger partial charge < -0.3 is 10.6 Å². The molecule has 1 aromatic rings. The first-order chi connectivity index (χ1) is 7.25. The van der Waals surface area contributed by atoms with Crippen molar-refractivity contribution in [2.45, 2.75) is 20.4 Å². The fourth-order valence-electron chi connectivity index (χ4n) is 2.01. The normalized spacial score (nSPS) is 26.0. The average molecular weight is 225 g/mol. The molecule has 0 bridgehead atoms. The largest absolute Gasteiger partial charge is 0.316 e. The highest BCUT2D eigenvalue weighted by atomic mass is 32.1. The smallest absolute Gasteiger partial charge is 0.0897 e. The predicted molar refractivity (Wildman–Crippen MR) is 64.1 cm³/mol. The number of hydrogen-bond acceptors (Lipinski definition) is 4. The number of nitrogens with one attached hydrogen (secondary N) is 2. The molecule has 3 nitrogen and oxygen atoms in total. The lowest BCUT2D eigenvalue weighted by Crippen LogP contribution is -2.26. The molecular weight excluding hydrogens is 206 g/mol. The Morgan fingerprint density at radius 1 is 1.60 bits per heavy atom. The van der Waals surface area contributed by atoms with E-state index in [9.17, 15) is 0 Å². The van der Waals surface area contributed by atoms with Crippen molar-refractivity contribution in [1.82, 2.24) is 15.6 Å². The second-order valence-corrected chi connectivity index (χ2v) is 5.69. The Kier molecular flexibility index (Phi) is 3.72. The van der Waals surface area contributed by atoms with Crippen LogP contribution in [0.3, 0.4) is 0 Å². The van der Waals surface area contributed by atoms with Gasteiger partial charge in [0.2, 0.25) is 0 Å². The van der Waals surface area contributed by atoms with Gasteiger partial charge >= 0.3 is 0 Å². The molecule has 1 fully saturated rings. The topological polar surface area (TPSA) is 37.0 Å². The number of aryl methyl sites for hydroxylation is 1. The van der Waals surface area contributed by atoms with Crippen molar-refractivity contribution in [2.24, 2.45) is 11.8 Å². The maximum absolute atomic E-state index is 4.25. The minimum atomic E-state index is 0.791. The lowest BCUT2D eigenvalue weighted by molar-refractivity contribution is 0.421. The van der Waals surface area contributed by atoms with Gasteiger partial charge in [-0.05, 0) is 38.4 Å². The first-order valence-corrected chi connectivity index (χ1v) is 6.40. The minimum Gasteiger partial charge on any atom is -0.316 e. The summed E-state index contributed by atoms with van der Waals surface area (Å²) in [6.07, 6.45) is 1.98. The molecule has 4 heteroatoms.